The molecule has 5 heterocycles. The van der Waals surface area contributed by atoms with Gasteiger partial charge in [0.2, 0.25) is 0 Å². The van der Waals surface area contributed by atoms with Crippen LogP contribution in [0.1, 0.15) is 150 Å². The van der Waals surface area contributed by atoms with Crippen LogP contribution in [0.25, 0.3) is 56.3 Å². The number of nitrogens with zero attached hydrogens (tertiary/aromatic N) is 5. The number of rotatable bonds is 21. The molecule has 94 heavy (non-hydrogen) atoms. The normalized spacial score (nSPS) is 10.0. The van der Waals surface area contributed by atoms with Crippen molar-refractivity contribution in [3.05, 3.63) is 268 Å². The van der Waals surface area contributed by atoms with Crippen LogP contribution in [0.4, 0.5) is 22.0 Å². The fourth-order valence-corrected chi connectivity index (χ4v) is 9.58. The van der Waals surface area contributed by atoms with Gasteiger partial charge >= 0.3 is 0 Å². The van der Waals surface area contributed by atoms with Crippen molar-refractivity contribution in [1.29, 1.82) is 0 Å². The van der Waals surface area contributed by atoms with Gasteiger partial charge in [-0.1, -0.05) is 175 Å². The molecule has 0 bridgehead atoms. The van der Waals surface area contributed by atoms with E-state index < -0.39 is 0 Å². The zero-order valence-corrected chi connectivity index (χ0v) is 66.7. The first kappa shape index (κ1) is 86.8. The first-order valence-electron chi connectivity index (χ1n) is 31.4. The van der Waals surface area contributed by atoms with Gasteiger partial charge in [-0.2, -0.15) is 0 Å². The van der Waals surface area contributed by atoms with Crippen LogP contribution in [0.15, 0.2) is 164 Å². The molecule has 0 amide bonds. The van der Waals surface area contributed by atoms with E-state index in [1.54, 1.807) is 30.6 Å². The molecule has 10 aromatic rings. The maximum absolute atomic E-state index is 13.7. The monoisotopic (exact) mass is 2160 g/mol. The first-order chi connectivity index (χ1) is 43.2. The molecule has 5 radical (unpaired) electrons. The fourth-order valence-electron chi connectivity index (χ4n) is 9.58. The van der Waals surface area contributed by atoms with Gasteiger partial charge in [-0.15, -0.1) is 142 Å². The average molecular weight is 2160 g/mol. The van der Waals surface area contributed by atoms with Crippen molar-refractivity contribution in [2.75, 3.05) is 0 Å². The van der Waals surface area contributed by atoms with Crippen molar-refractivity contribution in [1.82, 2.24) is 24.9 Å². The van der Waals surface area contributed by atoms with Crippen molar-refractivity contribution in [3.8, 4) is 56.3 Å². The molecule has 5 aromatic heterocycles. The van der Waals surface area contributed by atoms with E-state index in [9.17, 15) is 22.0 Å². The Morgan fingerprint density at radius 3 is 1.26 bits per heavy atom. The molecule has 509 valence electrons. The molecule has 0 saturated heterocycles. The zero-order valence-electron chi connectivity index (χ0n) is 54.7. The molecule has 0 aliphatic heterocycles. The minimum Gasteiger partial charge on any atom is -0.305 e. The summed E-state index contributed by atoms with van der Waals surface area (Å²) >= 11 is 0. The average Bonchev–Trinajstić information content (AvgIpc) is 0.971. The van der Waals surface area contributed by atoms with Gasteiger partial charge in [0.05, 0.1) is 12.4 Å². The summed E-state index contributed by atoms with van der Waals surface area (Å²) in [7, 11) is 0. The number of hydrogen-bond acceptors (Lipinski definition) is 5. The van der Waals surface area contributed by atoms with Crippen LogP contribution in [-0.2, 0) is 133 Å². The molecule has 10 rings (SSSR count). The molecule has 0 fully saturated rings. The van der Waals surface area contributed by atoms with Gasteiger partial charge in [0.25, 0.3) is 0 Å². The Hall–Kier alpha value is -5.25. The Kier molecular flexibility index (Phi) is 44.7. The van der Waals surface area contributed by atoms with Crippen LogP contribution in [0.2, 0.25) is 0 Å². The van der Waals surface area contributed by atoms with Gasteiger partial charge in [0.1, 0.15) is 11.6 Å². The number of pyridine rings is 5. The topological polar surface area (TPSA) is 64.5 Å². The largest absolute Gasteiger partial charge is 0.305 e. The minimum atomic E-state index is -0.382. The summed E-state index contributed by atoms with van der Waals surface area (Å²) in [6.07, 6.45) is 24.7. The van der Waals surface area contributed by atoms with Crippen LogP contribution < -0.4 is 0 Å². The predicted octanol–water partition coefficient (Wildman–Crippen LogP) is 21.5. The van der Waals surface area contributed by atoms with Gasteiger partial charge in [0.15, 0.2) is 0 Å². The Morgan fingerprint density at radius 2 is 0.809 bits per heavy atom. The standard InChI is InChI=1S/C18H22N.2C16H17FN.C15H14F2N.C14H13FN.5Ir/c1-3-4-5-6-9-16-10-12-17(13-11-16)18-15(2)8-7-14-19-18;1-3-4-7-13-11-14(8-9-15(13)17)16-12(2)6-5-10-18-16;1-3-4-5-13-11-14(6-7-15(13)17)16-10-12(2)8-9-18-16;1-2-3-4-11-9-12(5-7-14(11)17)15-8-6-13(16)10-18-15;1-2-4-11-5-3-6-12(9-11)14-8-7-13(15)10-16-14;;;;;/h7-8,10-12,14H,3-6,9H2,1-2H3;5-6,9-11H,3-4,7H2,1-2H3;7-11H,3-5H2,1-2H3;6-10H,2-4H2,1H3;3,5,7-10H,2,4H2,1H3;;;;;/q5*-1;;;;;. The molecule has 0 aliphatic rings. The molecule has 15 heteroatoms. The first-order valence-corrected chi connectivity index (χ1v) is 31.4. The second-order valence-corrected chi connectivity index (χ2v) is 22.0. The van der Waals surface area contributed by atoms with Gasteiger partial charge in [-0.25, -0.2) is 8.78 Å². The number of unbranched alkanes of at least 4 members (excludes halogenated alkanes) is 6. The number of aromatic nitrogens is 5. The van der Waals surface area contributed by atoms with E-state index in [1.165, 1.54) is 78.9 Å². The summed E-state index contributed by atoms with van der Waals surface area (Å²) < 4.78 is 66.4. The number of hydrogen-bond donors (Lipinski definition) is 0. The van der Waals surface area contributed by atoms with E-state index in [1.807, 2.05) is 68.6 Å². The molecule has 0 saturated carbocycles. The van der Waals surface area contributed by atoms with E-state index in [-0.39, 0.29) is 130 Å². The Bertz CT molecular complexity index is 3710. The molecule has 0 aliphatic carbocycles. The van der Waals surface area contributed by atoms with Crippen LogP contribution in [-0.4, -0.2) is 24.9 Å². The third-order valence-corrected chi connectivity index (χ3v) is 14.7. The summed E-state index contributed by atoms with van der Waals surface area (Å²) in [5, 5.41) is 0. The summed E-state index contributed by atoms with van der Waals surface area (Å²) in [4.78, 5) is 21.1. The second kappa shape index (κ2) is 48.4. The summed E-state index contributed by atoms with van der Waals surface area (Å²) in [5.41, 5.74) is 16.9. The van der Waals surface area contributed by atoms with Crippen LogP contribution in [0, 0.1) is 80.2 Å². The fraction of sp³-hybridized carbons (Fsp3) is 0.304. The van der Waals surface area contributed by atoms with E-state index in [0.717, 1.165) is 144 Å². The van der Waals surface area contributed by atoms with Crippen molar-refractivity contribution in [2.45, 2.75) is 158 Å². The van der Waals surface area contributed by atoms with Gasteiger partial charge in [-0.05, 0) is 105 Å². The molecule has 0 spiro atoms. The molecule has 5 nitrogen and oxygen atoms in total. The number of aryl methyl sites for hydroxylation is 8. The van der Waals surface area contributed by atoms with Crippen LogP contribution in [0.3, 0.4) is 0 Å². The SMILES string of the molecule is CCCCCCc1c[c-]c(-c2ncccc2C)cc1.CCCCc1cc(-c2cc(C)ccn2)[c-]cc1F.CCCCc1cc(-c2ccc(F)cn2)[c-]cc1F.CCCCc1cc(-c2ncccc2C)[c-]cc1F.CCCc1cc[c-]c(-c2ccc(F)cn2)c1.[Ir].[Ir].[Ir].[Ir].[Ir]. The minimum absolute atomic E-state index is 0. The van der Waals surface area contributed by atoms with Crippen molar-refractivity contribution in [2.24, 2.45) is 0 Å². The summed E-state index contributed by atoms with van der Waals surface area (Å²) in [6.45, 7) is 16.8. The maximum atomic E-state index is 13.7. The molecule has 0 N–H and O–H groups in total. The third kappa shape index (κ3) is 29.6. The second-order valence-electron chi connectivity index (χ2n) is 22.0. The quantitative estimate of drug-likeness (QED) is 0.0407. The van der Waals surface area contributed by atoms with E-state index in [4.69, 9.17) is 0 Å². The van der Waals surface area contributed by atoms with Crippen molar-refractivity contribution in [3.63, 3.8) is 0 Å². The van der Waals surface area contributed by atoms with E-state index >= 15 is 0 Å². The third-order valence-electron chi connectivity index (χ3n) is 14.7. The Labute approximate surface area is 624 Å². The number of halogens is 5. The van der Waals surface area contributed by atoms with E-state index in [2.05, 4.69) is 133 Å². The number of benzene rings is 5. The van der Waals surface area contributed by atoms with E-state index in [0.29, 0.717) is 23.2 Å². The molecule has 0 atom stereocenters. The zero-order chi connectivity index (χ0) is 63.8. The van der Waals surface area contributed by atoms with Gasteiger partial charge < -0.3 is 24.9 Å². The molecular weight excluding hydrogens is 2070 g/mol. The van der Waals surface area contributed by atoms with Gasteiger partial charge in [0, 0.05) is 137 Å². The molecule has 0 unspecified atom stereocenters. The smallest absolute Gasteiger partial charge is 0.139 e. The predicted molar refractivity (Wildman–Crippen MR) is 354 cm³/mol. The van der Waals surface area contributed by atoms with Crippen LogP contribution in [0.5, 0.6) is 0 Å². The van der Waals surface area contributed by atoms with Crippen molar-refractivity contribution < 1.29 is 122 Å². The Balaban J connectivity index is 0.000000580. The molecule has 5 aromatic carbocycles. The summed E-state index contributed by atoms with van der Waals surface area (Å²) in [6, 6.07) is 55.3. The van der Waals surface area contributed by atoms with Crippen molar-refractivity contribution >= 4 is 0 Å². The van der Waals surface area contributed by atoms with Crippen LogP contribution >= 0.6 is 0 Å². The summed E-state index contributed by atoms with van der Waals surface area (Å²) in [5.74, 6) is -1.27. The van der Waals surface area contributed by atoms with Gasteiger partial charge in [-0.3, -0.25) is 13.2 Å². The maximum Gasteiger partial charge on any atom is 0.139 e. The Morgan fingerprint density at radius 1 is 0.340 bits per heavy atom. The molecular formula is C79H83F5Ir5N5-5.